The first kappa shape index (κ1) is 9.21. The lowest BCUT2D eigenvalue weighted by atomic mass is 10.4. The molecule has 2 aromatic rings. The maximum atomic E-state index is 5.64. The van der Waals surface area contributed by atoms with Gasteiger partial charge < -0.3 is 4.57 Å². The Bertz CT molecular complexity index is 419. The molecule has 0 saturated heterocycles. The highest BCUT2D eigenvalue weighted by Crippen LogP contribution is 2.02. The van der Waals surface area contributed by atoms with Crippen molar-refractivity contribution in [3.05, 3.63) is 30.1 Å². The molecule has 2 heterocycles. The van der Waals surface area contributed by atoms with Gasteiger partial charge in [0.25, 0.3) is 0 Å². The van der Waals surface area contributed by atoms with E-state index in [0.29, 0.717) is 12.4 Å². The van der Waals surface area contributed by atoms with Crippen LogP contribution in [0.25, 0.3) is 0 Å². The Morgan fingerprint density at radius 1 is 1.43 bits per heavy atom. The van der Waals surface area contributed by atoms with Gasteiger partial charge in [-0.15, -0.1) is 11.6 Å². The standard InChI is InChI=1S/C8H10ClN5/c1-13-11-3-8(12-13)5-14-4-7(2-9)10-6-14/h3-4,6H,2,5H2,1H3. The summed E-state index contributed by atoms with van der Waals surface area (Å²) < 4.78 is 1.93. The predicted molar refractivity (Wildman–Crippen MR) is 51.9 cm³/mol. The Morgan fingerprint density at radius 2 is 2.29 bits per heavy atom. The first-order valence-electron chi connectivity index (χ1n) is 4.20. The molecule has 6 heteroatoms. The van der Waals surface area contributed by atoms with Crippen LogP contribution in [-0.2, 0) is 19.5 Å². The molecule has 2 rings (SSSR count). The fourth-order valence-corrected chi connectivity index (χ4v) is 1.35. The maximum Gasteiger partial charge on any atom is 0.102 e. The molecule has 0 spiro atoms. The smallest absolute Gasteiger partial charge is 0.102 e. The monoisotopic (exact) mass is 211 g/mol. The Labute approximate surface area is 86.3 Å². The number of imidazole rings is 1. The molecule has 0 radical (unpaired) electrons. The highest BCUT2D eigenvalue weighted by molar-refractivity contribution is 6.16. The van der Waals surface area contributed by atoms with E-state index < -0.39 is 0 Å². The molecule has 0 aliphatic carbocycles. The predicted octanol–water partition coefficient (Wildman–Crippen LogP) is 0.799. The second-order valence-electron chi connectivity index (χ2n) is 3.00. The molecule has 0 bridgehead atoms. The van der Waals surface area contributed by atoms with Gasteiger partial charge in [0.15, 0.2) is 0 Å². The fraction of sp³-hybridized carbons (Fsp3) is 0.375. The molecule has 0 saturated carbocycles. The zero-order valence-electron chi connectivity index (χ0n) is 7.76. The summed E-state index contributed by atoms with van der Waals surface area (Å²) in [5.74, 6) is 0.438. The van der Waals surface area contributed by atoms with Gasteiger partial charge in [-0.05, 0) is 0 Å². The summed E-state index contributed by atoms with van der Waals surface area (Å²) in [5.41, 5.74) is 1.78. The molecule has 0 amide bonds. The van der Waals surface area contributed by atoms with Gasteiger partial charge >= 0.3 is 0 Å². The van der Waals surface area contributed by atoms with E-state index in [2.05, 4.69) is 15.2 Å². The van der Waals surface area contributed by atoms with Crippen molar-refractivity contribution in [3.63, 3.8) is 0 Å². The molecule has 0 aromatic carbocycles. The SMILES string of the molecule is Cn1ncc(Cn2cnc(CCl)c2)n1. The lowest BCUT2D eigenvalue weighted by molar-refractivity contribution is 0.636. The molecule has 74 valence electrons. The minimum absolute atomic E-state index is 0.438. The second-order valence-corrected chi connectivity index (χ2v) is 3.26. The Hall–Kier alpha value is -1.36. The number of aryl methyl sites for hydroxylation is 1. The number of alkyl halides is 1. The molecule has 2 aromatic heterocycles. The average molecular weight is 212 g/mol. The third-order valence-electron chi connectivity index (χ3n) is 1.82. The van der Waals surface area contributed by atoms with Crippen LogP contribution in [0.2, 0.25) is 0 Å². The van der Waals surface area contributed by atoms with Crippen molar-refractivity contribution < 1.29 is 0 Å². The van der Waals surface area contributed by atoms with Crippen molar-refractivity contribution >= 4 is 11.6 Å². The van der Waals surface area contributed by atoms with Crippen molar-refractivity contribution in [2.24, 2.45) is 7.05 Å². The summed E-state index contributed by atoms with van der Waals surface area (Å²) in [6, 6.07) is 0. The molecule has 0 aliphatic heterocycles. The van der Waals surface area contributed by atoms with Crippen LogP contribution in [0, 0.1) is 0 Å². The van der Waals surface area contributed by atoms with Crippen LogP contribution in [0.5, 0.6) is 0 Å². The van der Waals surface area contributed by atoms with Gasteiger partial charge in [-0.25, -0.2) is 4.98 Å². The third-order valence-corrected chi connectivity index (χ3v) is 2.09. The van der Waals surface area contributed by atoms with E-state index in [-0.39, 0.29) is 0 Å². The normalized spacial score (nSPS) is 10.7. The topological polar surface area (TPSA) is 48.5 Å². The van der Waals surface area contributed by atoms with Crippen molar-refractivity contribution in [1.29, 1.82) is 0 Å². The van der Waals surface area contributed by atoms with Gasteiger partial charge in [-0.3, -0.25) is 0 Å². The van der Waals surface area contributed by atoms with Gasteiger partial charge in [-0.2, -0.15) is 15.0 Å². The van der Waals surface area contributed by atoms with E-state index in [9.17, 15) is 0 Å². The minimum Gasteiger partial charge on any atom is -0.331 e. The van der Waals surface area contributed by atoms with Crippen molar-refractivity contribution in [1.82, 2.24) is 24.5 Å². The van der Waals surface area contributed by atoms with Gasteiger partial charge in [0.05, 0.1) is 30.6 Å². The lowest BCUT2D eigenvalue weighted by Crippen LogP contribution is -1.99. The number of nitrogens with zero attached hydrogens (tertiary/aromatic N) is 5. The lowest BCUT2D eigenvalue weighted by Gasteiger charge is -1.95. The van der Waals surface area contributed by atoms with Crippen molar-refractivity contribution in [2.45, 2.75) is 12.4 Å². The molecule has 14 heavy (non-hydrogen) atoms. The Kier molecular flexibility index (Phi) is 2.49. The zero-order chi connectivity index (χ0) is 9.97. The average Bonchev–Trinajstić information content (AvgIpc) is 2.76. The van der Waals surface area contributed by atoms with Gasteiger partial charge in [0.1, 0.15) is 5.69 Å². The fourth-order valence-electron chi connectivity index (χ4n) is 1.21. The number of hydrogen-bond donors (Lipinski definition) is 0. The largest absolute Gasteiger partial charge is 0.331 e. The third kappa shape index (κ3) is 1.93. The van der Waals surface area contributed by atoms with E-state index in [1.54, 1.807) is 19.6 Å². The van der Waals surface area contributed by atoms with E-state index in [1.807, 2.05) is 10.8 Å². The summed E-state index contributed by atoms with van der Waals surface area (Å²) in [4.78, 5) is 5.65. The van der Waals surface area contributed by atoms with Crippen molar-refractivity contribution in [2.75, 3.05) is 0 Å². The second kappa shape index (κ2) is 3.79. The molecule has 0 N–H and O–H groups in total. The summed E-state index contributed by atoms with van der Waals surface area (Å²) in [5, 5.41) is 8.15. The molecule has 0 atom stereocenters. The summed E-state index contributed by atoms with van der Waals surface area (Å²) in [6.07, 6.45) is 5.38. The van der Waals surface area contributed by atoms with Gasteiger partial charge in [-0.1, -0.05) is 0 Å². The summed E-state index contributed by atoms with van der Waals surface area (Å²) in [6.45, 7) is 0.678. The van der Waals surface area contributed by atoms with E-state index in [0.717, 1.165) is 11.4 Å². The molecule has 0 fully saturated rings. The molecular weight excluding hydrogens is 202 g/mol. The highest BCUT2D eigenvalue weighted by Gasteiger charge is 2.01. The van der Waals surface area contributed by atoms with Gasteiger partial charge in [0, 0.05) is 13.2 Å². The van der Waals surface area contributed by atoms with Crippen LogP contribution in [0.4, 0.5) is 0 Å². The zero-order valence-corrected chi connectivity index (χ0v) is 8.52. The summed E-state index contributed by atoms with van der Waals surface area (Å²) in [7, 11) is 1.79. The summed E-state index contributed by atoms with van der Waals surface area (Å²) >= 11 is 5.64. The van der Waals surface area contributed by atoms with E-state index in [1.165, 1.54) is 4.80 Å². The van der Waals surface area contributed by atoms with E-state index >= 15 is 0 Å². The molecule has 5 nitrogen and oxygen atoms in total. The van der Waals surface area contributed by atoms with Crippen LogP contribution in [-0.4, -0.2) is 24.5 Å². The van der Waals surface area contributed by atoms with E-state index in [4.69, 9.17) is 11.6 Å². The first-order valence-corrected chi connectivity index (χ1v) is 4.73. The number of halogens is 1. The van der Waals surface area contributed by atoms with Crippen LogP contribution < -0.4 is 0 Å². The number of aromatic nitrogens is 5. The van der Waals surface area contributed by atoms with Crippen LogP contribution in [0.1, 0.15) is 11.4 Å². The number of hydrogen-bond acceptors (Lipinski definition) is 3. The van der Waals surface area contributed by atoms with Gasteiger partial charge in [0.2, 0.25) is 0 Å². The maximum absolute atomic E-state index is 5.64. The van der Waals surface area contributed by atoms with Crippen LogP contribution >= 0.6 is 11.6 Å². The molecule has 0 aliphatic rings. The Balaban J connectivity index is 2.10. The minimum atomic E-state index is 0.438. The van der Waals surface area contributed by atoms with Crippen molar-refractivity contribution in [3.8, 4) is 0 Å². The molecule has 0 unspecified atom stereocenters. The Morgan fingerprint density at radius 3 is 2.86 bits per heavy atom. The number of rotatable bonds is 3. The molecular formula is C8H10ClN5. The first-order chi connectivity index (χ1) is 6.78. The quantitative estimate of drug-likeness (QED) is 0.706. The van der Waals surface area contributed by atoms with Crippen LogP contribution in [0.3, 0.4) is 0 Å². The highest BCUT2D eigenvalue weighted by atomic mass is 35.5. The van der Waals surface area contributed by atoms with Crippen LogP contribution in [0.15, 0.2) is 18.7 Å².